The number of benzene rings is 1. The summed E-state index contributed by atoms with van der Waals surface area (Å²) in [5.41, 5.74) is 3.75. The van der Waals surface area contributed by atoms with Crippen molar-refractivity contribution < 1.29 is 0 Å². The highest BCUT2D eigenvalue weighted by molar-refractivity contribution is 5.61. The standard InChI is InChI=1S/C12H17N/c1-10(2)12-6-4-5-11(9-12)7-8-13-3/h4-6,9,13H,1,7-8H2,2-3H3. The first kappa shape index (κ1) is 10.0. The fourth-order valence-electron chi connectivity index (χ4n) is 1.26. The van der Waals surface area contributed by atoms with E-state index in [0.717, 1.165) is 18.5 Å². The molecule has 0 saturated heterocycles. The molecule has 0 saturated carbocycles. The lowest BCUT2D eigenvalue weighted by Gasteiger charge is -2.04. The van der Waals surface area contributed by atoms with E-state index in [1.165, 1.54) is 11.1 Å². The average molecular weight is 175 g/mol. The predicted octanol–water partition coefficient (Wildman–Crippen LogP) is 2.48. The molecular formula is C12H17N. The second kappa shape index (κ2) is 4.83. The van der Waals surface area contributed by atoms with E-state index in [9.17, 15) is 0 Å². The average Bonchev–Trinajstić information content (AvgIpc) is 2.15. The van der Waals surface area contributed by atoms with E-state index >= 15 is 0 Å². The van der Waals surface area contributed by atoms with Gasteiger partial charge in [0.05, 0.1) is 0 Å². The van der Waals surface area contributed by atoms with Gasteiger partial charge in [-0.1, -0.05) is 36.4 Å². The van der Waals surface area contributed by atoms with Crippen LogP contribution in [0, 0.1) is 0 Å². The van der Waals surface area contributed by atoms with Crippen molar-refractivity contribution in [3.63, 3.8) is 0 Å². The van der Waals surface area contributed by atoms with Gasteiger partial charge in [-0.3, -0.25) is 0 Å². The van der Waals surface area contributed by atoms with Crippen LogP contribution in [0.1, 0.15) is 18.1 Å². The largest absolute Gasteiger partial charge is 0.319 e. The van der Waals surface area contributed by atoms with Crippen molar-refractivity contribution in [1.29, 1.82) is 0 Å². The first-order valence-electron chi connectivity index (χ1n) is 4.63. The minimum Gasteiger partial charge on any atom is -0.319 e. The third-order valence-corrected chi connectivity index (χ3v) is 2.08. The molecule has 1 aromatic carbocycles. The smallest absolute Gasteiger partial charge is 0.00114 e. The molecule has 0 spiro atoms. The van der Waals surface area contributed by atoms with Crippen LogP contribution < -0.4 is 5.32 Å². The third-order valence-electron chi connectivity index (χ3n) is 2.08. The molecule has 0 aromatic heterocycles. The number of rotatable bonds is 4. The van der Waals surface area contributed by atoms with Gasteiger partial charge in [-0.15, -0.1) is 0 Å². The minimum atomic E-state index is 1.03. The van der Waals surface area contributed by atoms with Crippen LogP contribution in [0.3, 0.4) is 0 Å². The summed E-state index contributed by atoms with van der Waals surface area (Å²) in [7, 11) is 1.97. The Balaban J connectivity index is 2.73. The monoisotopic (exact) mass is 175 g/mol. The van der Waals surface area contributed by atoms with Crippen LogP contribution in [0.2, 0.25) is 0 Å². The highest BCUT2D eigenvalue weighted by atomic mass is 14.8. The molecule has 0 unspecified atom stereocenters. The Labute approximate surface area is 80.5 Å². The molecule has 0 aliphatic rings. The van der Waals surface area contributed by atoms with E-state index in [2.05, 4.69) is 36.2 Å². The van der Waals surface area contributed by atoms with Crippen LogP contribution in [0.4, 0.5) is 0 Å². The SMILES string of the molecule is C=C(C)c1cccc(CCNC)c1. The van der Waals surface area contributed by atoms with Crippen LogP contribution in [0.25, 0.3) is 5.57 Å². The summed E-state index contributed by atoms with van der Waals surface area (Å²) in [5.74, 6) is 0. The number of allylic oxidation sites excluding steroid dienone is 1. The fraction of sp³-hybridized carbons (Fsp3) is 0.333. The van der Waals surface area contributed by atoms with E-state index in [0.29, 0.717) is 0 Å². The lowest BCUT2D eigenvalue weighted by atomic mass is 10.0. The number of nitrogens with one attached hydrogen (secondary N) is 1. The molecular weight excluding hydrogens is 158 g/mol. The van der Waals surface area contributed by atoms with Crippen molar-refractivity contribution in [1.82, 2.24) is 5.32 Å². The first-order valence-corrected chi connectivity index (χ1v) is 4.63. The van der Waals surface area contributed by atoms with Crippen LogP contribution in [-0.2, 0) is 6.42 Å². The number of likely N-dealkylation sites (N-methyl/N-ethyl adjacent to an activating group) is 1. The molecule has 1 heteroatoms. The molecule has 1 rings (SSSR count). The lowest BCUT2D eigenvalue weighted by Crippen LogP contribution is -2.10. The Kier molecular flexibility index (Phi) is 3.71. The van der Waals surface area contributed by atoms with Gasteiger partial charge in [0.1, 0.15) is 0 Å². The van der Waals surface area contributed by atoms with Crippen LogP contribution in [0.5, 0.6) is 0 Å². The Morgan fingerprint density at radius 2 is 2.23 bits per heavy atom. The summed E-state index contributed by atoms with van der Waals surface area (Å²) < 4.78 is 0. The molecule has 0 radical (unpaired) electrons. The number of hydrogen-bond acceptors (Lipinski definition) is 1. The third kappa shape index (κ3) is 3.03. The molecule has 0 heterocycles. The van der Waals surface area contributed by atoms with Crippen molar-refractivity contribution in [3.05, 3.63) is 42.0 Å². The molecule has 1 aromatic rings. The van der Waals surface area contributed by atoms with Crippen LogP contribution >= 0.6 is 0 Å². The Morgan fingerprint density at radius 3 is 2.85 bits per heavy atom. The minimum absolute atomic E-state index is 1.03. The number of hydrogen-bond donors (Lipinski definition) is 1. The van der Waals surface area contributed by atoms with Gasteiger partial charge in [-0.2, -0.15) is 0 Å². The van der Waals surface area contributed by atoms with Crippen LogP contribution in [-0.4, -0.2) is 13.6 Å². The maximum absolute atomic E-state index is 3.93. The normalized spacial score (nSPS) is 10.0. The predicted molar refractivity (Wildman–Crippen MR) is 58.8 cm³/mol. The molecule has 0 fully saturated rings. The summed E-state index contributed by atoms with van der Waals surface area (Å²) in [6, 6.07) is 8.56. The molecule has 0 atom stereocenters. The molecule has 1 nitrogen and oxygen atoms in total. The summed E-state index contributed by atoms with van der Waals surface area (Å²) in [5, 5.41) is 3.14. The van der Waals surface area contributed by atoms with Crippen molar-refractivity contribution >= 4 is 5.57 Å². The molecule has 0 aliphatic carbocycles. The topological polar surface area (TPSA) is 12.0 Å². The van der Waals surface area contributed by atoms with Crippen molar-refractivity contribution in [3.8, 4) is 0 Å². The molecule has 0 aliphatic heterocycles. The Bertz CT molecular complexity index is 289. The van der Waals surface area contributed by atoms with Crippen molar-refractivity contribution in [2.45, 2.75) is 13.3 Å². The lowest BCUT2D eigenvalue weighted by molar-refractivity contribution is 0.791. The maximum atomic E-state index is 3.93. The van der Waals surface area contributed by atoms with E-state index < -0.39 is 0 Å². The van der Waals surface area contributed by atoms with Gasteiger partial charge < -0.3 is 5.32 Å². The summed E-state index contributed by atoms with van der Waals surface area (Å²) in [6.45, 7) is 7.00. The van der Waals surface area contributed by atoms with E-state index in [-0.39, 0.29) is 0 Å². The second-order valence-electron chi connectivity index (χ2n) is 3.33. The van der Waals surface area contributed by atoms with E-state index in [1.54, 1.807) is 0 Å². The van der Waals surface area contributed by atoms with E-state index in [4.69, 9.17) is 0 Å². The second-order valence-corrected chi connectivity index (χ2v) is 3.33. The summed E-state index contributed by atoms with van der Waals surface area (Å²) >= 11 is 0. The van der Waals surface area contributed by atoms with Gasteiger partial charge in [-0.05, 0) is 38.1 Å². The fourth-order valence-corrected chi connectivity index (χ4v) is 1.26. The highest BCUT2D eigenvalue weighted by Gasteiger charge is 1.95. The van der Waals surface area contributed by atoms with Crippen molar-refractivity contribution in [2.75, 3.05) is 13.6 Å². The summed E-state index contributed by atoms with van der Waals surface area (Å²) in [4.78, 5) is 0. The highest BCUT2D eigenvalue weighted by Crippen LogP contribution is 2.13. The Hall–Kier alpha value is -1.08. The van der Waals surface area contributed by atoms with Gasteiger partial charge in [-0.25, -0.2) is 0 Å². The first-order chi connectivity index (χ1) is 6.24. The summed E-state index contributed by atoms with van der Waals surface area (Å²) in [6.07, 6.45) is 1.08. The van der Waals surface area contributed by atoms with E-state index in [1.807, 2.05) is 14.0 Å². The Morgan fingerprint density at radius 1 is 1.46 bits per heavy atom. The zero-order valence-corrected chi connectivity index (χ0v) is 8.43. The maximum Gasteiger partial charge on any atom is -0.00114 e. The van der Waals surface area contributed by atoms with Crippen LogP contribution in [0.15, 0.2) is 30.8 Å². The molecule has 70 valence electrons. The molecule has 1 N–H and O–H groups in total. The zero-order valence-electron chi connectivity index (χ0n) is 8.43. The van der Waals surface area contributed by atoms with Gasteiger partial charge in [0, 0.05) is 0 Å². The molecule has 0 bridgehead atoms. The zero-order chi connectivity index (χ0) is 9.68. The quantitative estimate of drug-likeness (QED) is 0.741. The van der Waals surface area contributed by atoms with Gasteiger partial charge in [0.15, 0.2) is 0 Å². The van der Waals surface area contributed by atoms with Crippen molar-refractivity contribution in [2.24, 2.45) is 0 Å². The molecule has 0 amide bonds. The van der Waals surface area contributed by atoms with Gasteiger partial charge in [0.25, 0.3) is 0 Å². The van der Waals surface area contributed by atoms with Gasteiger partial charge in [0.2, 0.25) is 0 Å². The molecule has 13 heavy (non-hydrogen) atoms. The van der Waals surface area contributed by atoms with Gasteiger partial charge >= 0.3 is 0 Å².